The van der Waals surface area contributed by atoms with Gasteiger partial charge in [0.05, 0.1) is 18.1 Å². The third-order valence-electron chi connectivity index (χ3n) is 2.88. The fourth-order valence-corrected chi connectivity index (χ4v) is 1.80. The summed E-state index contributed by atoms with van der Waals surface area (Å²) in [5, 5.41) is 4.10. The third-order valence-corrected chi connectivity index (χ3v) is 2.88. The van der Waals surface area contributed by atoms with Gasteiger partial charge >= 0.3 is 0 Å². The fraction of sp³-hybridized carbons (Fsp3) is 0. The molecular formula is C16H12FN3O. The molecule has 0 radical (unpaired) electrons. The van der Waals surface area contributed by atoms with Crippen LogP contribution in [-0.2, 0) is 0 Å². The minimum absolute atomic E-state index is 0.261. The van der Waals surface area contributed by atoms with Gasteiger partial charge in [0.15, 0.2) is 12.2 Å². The Bertz CT molecular complexity index is 719. The molecule has 1 heterocycles. The number of rotatable bonds is 4. The zero-order valence-corrected chi connectivity index (χ0v) is 11.0. The van der Waals surface area contributed by atoms with E-state index in [1.54, 1.807) is 24.5 Å². The molecule has 0 bridgehead atoms. The molecule has 0 fully saturated rings. The average Bonchev–Trinajstić information content (AvgIpc) is 3.04. The van der Waals surface area contributed by atoms with Crippen LogP contribution in [0.25, 0.3) is 11.3 Å². The number of nitrogens with zero attached hydrogens (tertiary/aromatic N) is 2. The topological polar surface area (TPSA) is 50.4 Å². The highest BCUT2D eigenvalue weighted by Crippen LogP contribution is 2.20. The Kier molecular flexibility index (Phi) is 3.73. The summed E-state index contributed by atoms with van der Waals surface area (Å²) in [6.07, 6.45) is 4.69. The van der Waals surface area contributed by atoms with Crippen molar-refractivity contribution < 1.29 is 8.81 Å². The van der Waals surface area contributed by atoms with Gasteiger partial charge in [0.1, 0.15) is 5.82 Å². The van der Waals surface area contributed by atoms with Crippen LogP contribution in [0.2, 0.25) is 0 Å². The van der Waals surface area contributed by atoms with Crippen molar-refractivity contribution >= 4 is 11.9 Å². The number of hydrazone groups is 1. The second-order valence-electron chi connectivity index (χ2n) is 4.36. The molecule has 0 atom stereocenters. The van der Waals surface area contributed by atoms with Crippen molar-refractivity contribution in [2.45, 2.75) is 0 Å². The molecule has 0 saturated carbocycles. The van der Waals surface area contributed by atoms with E-state index in [1.165, 1.54) is 18.5 Å². The van der Waals surface area contributed by atoms with Gasteiger partial charge < -0.3 is 4.42 Å². The molecule has 0 aliphatic rings. The molecule has 3 rings (SSSR count). The van der Waals surface area contributed by atoms with Gasteiger partial charge in [-0.1, -0.05) is 12.1 Å². The third kappa shape index (κ3) is 3.33. The van der Waals surface area contributed by atoms with E-state index in [1.807, 2.05) is 24.3 Å². The van der Waals surface area contributed by atoms with Crippen LogP contribution in [0.3, 0.4) is 0 Å². The monoisotopic (exact) mass is 281 g/mol. The smallest absolute Gasteiger partial charge is 0.181 e. The molecule has 0 unspecified atom stereocenters. The molecule has 1 aromatic heterocycles. The Morgan fingerprint density at radius 2 is 1.81 bits per heavy atom. The maximum absolute atomic E-state index is 12.8. The van der Waals surface area contributed by atoms with Crippen LogP contribution in [0.15, 0.2) is 70.6 Å². The normalized spacial score (nSPS) is 10.9. The summed E-state index contributed by atoms with van der Waals surface area (Å²) in [7, 11) is 0. The van der Waals surface area contributed by atoms with Gasteiger partial charge in [-0.15, -0.1) is 0 Å². The molecule has 104 valence electrons. The molecule has 0 aliphatic carbocycles. The minimum Gasteiger partial charge on any atom is -0.444 e. The quantitative estimate of drug-likeness (QED) is 0.582. The zero-order chi connectivity index (χ0) is 14.5. The number of oxazole rings is 1. The Labute approximate surface area is 121 Å². The van der Waals surface area contributed by atoms with Gasteiger partial charge in [0, 0.05) is 5.56 Å². The summed E-state index contributed by atoms with van der Waals surface area (Å²) in [6, 6.07) is 13.7. The van der Waals surface area contributed by atoms with Crippen LogP contribution in [-0.4, -0.2) is 11.2 Å². The number of nitrogens with one attached hydrogen (secondary N) is 1. The molecule has 4 nitrogen and oxygen atoms in total. The highest BCUT2D eigenvalue weighted by Gasteiger charge is 2.00. The molecule has 0 aliphatic heterocycles. The van der Waals surface area contributed by atoms with Crippen molar-refractivity contribution in [2.75, 3.05) is 5.43 Å². The lowest BCUT2D eigenvalue weighted by Gasteiger charge is -2.01. The van der Waals surface area contributed by atoms with Gasteiger partial charge in [-0.3, -0.25) is 5.43 Å². The Balaban J connectivity index is 1.64. The highest BCUT2D eigenvalue weighted by atomic mass is 19.1. The van der Waals surface area contributed by atoms with E-state index >= 15 is 0 Å². The standard InChI is InChI=1S/C16H12FN3O/c17-14-5-1-12(2-6-14)9-19-20-15-7-3-13(4-8-15)16-10-18-11-21-16/h1-11,20H. The number of aromatic nitrogens is 1. The maximum Gasteiger partial charge on any atom is 0.181 e. The van der Waals surface area contributed by atoms with E-state index in [-0.39, 0.29) is 5.82 Å². The molecule has 0 saturated heterocycles. The Morgan fingerprint density at radius 1 is 1.05 bits per heavy atom. The second kappa shape index (κ2) is 6.00. The largest absolute Gasteiger partial charge is 0.444 e. The number of benzene rings is 2. The summed E-state index contributed by atoms with van der Waals surface area (Å²) in [5.74, 6) is 0.458. The first kappa shape index (κ1) is 13.1. The summed E-state index contributed by atoms with van der Waals surface area (Å²) in [5.41, 5.74) is 5.52. The summed E-state index contributed by atoms with van der Waals surface area (Å²) >= 11 is 0. The molecule has 21 heavy (non-hydrogen) atoms. The van der Waals surface area contributed by atoms with Crippen molar-refractivity contribution in [3.8, 4) is 11.3 Å². The van der Waals surface area contributed by atoms with E-state index in [9.17, 15) is 4.39 Å². The van der Waals surface area contributed by atoms with Gasteiger partial charge in [-0.05, 0) is 42.0 Å². The molecule has 1 N–H and O–H groups in total. The fourth-order valence-electron chi connectivity index (χ4n) is 1.80. The number of hydrogen-bond donors (Lipinski definition) is 1. The summed E-state index contributed by atoms with van der Waals surface area (Å²) < 4.78 is 18.0. The lowest BCUT2D eigenvalue weighted by Crippen LogP contribution is -1.90. The molecule has 5 heteroatoms. The van der Waals surface area contributed by atoms with E-state index in [2.05, 4.69) is 15.5 Å². The number of halogens is 1. The lowest BCUT2D eigenvalue weighted by molar-refractivity contribution is 0.572. The van der Waals surface area contributed by atoms with Crippen LogP contribution in [0.1, 0.15) is 5.56 Å². The highest BCUT2D eigenvalue weighted by molar-refractivity contribution is 5.80. The maximum atomic E-state index is 12.8. The second-order valence-corrected chi connectivity index (χ2v) is 4.36. The predicted octanol–water partition coefficient (Wildman–Crippen LogP) is 3.93. The van der Waals surface area contributed by atoms with Crippen molar-refractivity contribution in [2.24, 2.45) is 5.10 Å². The van der Waals surface area contributed by atoms with E-state index in [0.717, 1.165) is 22.6 Å². The summed E-state index contributed by atoms with van der Waals surface area (Å²) in [4.78, 5) is 3.88. The first-order valence-corrected chi connectivity index (χ1v) is 6.35. The Hall–Kier alpha value is -2.95. The zero-order valence-electron chi connectivity index (χ0n) is 11.0. The number of hydrogen-bond acceptors (Lipinski definition) is 4. The Morgan fingerprint density at radius 3 is 2.48 bits per heavy atom. The van der Waals surface area contributed by atoms with Crippen molar-refractivity contribution in [3.05, 3.63) is 72.5 Å². The first-order valence-electron chi connectivity index (χ1n) is 6.35. The van der Waals surface area contributed by atoms with Gasteiger partial charge in [-0.2, -0.15) is 5.10 Å². The van der Waals surface area contributed by atoms with Crippen LogP contribution in [0.4, 0.5) is 10.1 Å². The van der Waals surface area contributed by atoms with Crippen LogP contribution >= 0.6 is 0 Å². The summed E-state index contributed by atoms with van der Waals surface area (Å²) in [6.45, 7) is 0. The first-order chi connectivity index (χ1) is 10.3. The minimum atomic E-state index is -0.261. The molecule has 0 spiro atoms. The molecule has 2 aromatic carbocycles. The molecule has 0 amide bonds. The van der Waals surface area contributed by atoms with Crippen molar-refractivity contribution in [1.82, 2.24) is 4.98 Å². The molecule has 3 aromatic rings. The van der Waals surface area contributed by atoms with Gasteiger partial charge in [0.2, 0.25) is 0 Å². The van der Waals surface area contributed by atoms with Crippen molar-refractivity contribution in [1.29, 1.82) is 0 Å². The van der Waals surface area contributed by atoms with Gasteiger partial charge in [0.25, 0.3) is 0 Å². The number of anilines is 1. The van der Waals surface area contributed by atoms with E-state index in [0.29, 0.717) is 0 Å². The van der Waals surface area contributed by atoms with E-state index < -0.39 is 0 Å². The van der Waals surface area contributed by atoms with Crippen LogP contribution in [0.5, 0.6) is 0 Å². The average molecular weight is 281 g/mol. The van der Waals surface area contributed by atoms with Gasteiger partial charge in [-0.25, -0.2) is 9.37 Å². The van der Waals surface area contributed by atoms with Crippen LogP contribution < -0.4 is 5.43 Å². The van der Waals surface area contributed by atoms with Crippen molar-refractivity contribution in [3.63, 3.8) is 0 Å². The lowest BCUT2D eigenvalue weighted by atomic mass is 10.2. The van der Waals surface area contributed by atoms with Crippen LogP contribution in [0, 0.1) is 5.82 Å². The SMILES string of the molecule is Fc1ccc(C=NNc2ccc(-c3cnco3)cc2)cc1. The predicted molar refractivity (Wildman–Crippen MR) is 79.6 cm³/mol. The molecular weight excluding hydrogens is 269 g/mol. The van der Waals surface area contributed by atoms with E-state index in [4.69, 9.17) is 4.42 Å².